The van der Waals surface area contributed by atoms with Crippen molar-refractivity contribution < 1.29 is 47.8 Å². The molecule has 2 aliphatic carbocycles. The molecule has 2 fully saturated rings. The van der Waals surface area contributed by atoms with Gasteiger partial charge in [0.05, 0.1) is 12.1 Å². The summed E-state index contributed by atoms with van der Waals surface area (Å²) in [5.74, 6) is -8.21. The molecule has 1 aromatic rings. The Morgan fingerprint density at radius 1 is 0.591 bits per heavy atom. The Morgan fingerprint density at radius 3 is 1.16 bits per heavy atom. The van der Waals surface area contributed by atoms with Crippen LogP contribution < -0.4 is 0 Å². The molecule has 2 aliphatic heterocycles. The van der Waals surface area contributed by atoms with E-state index in [1.54, 1.807) is 41.5 Å². The van der Waals surface area contributed by atoms with E-state index < -0.39 is 82.0 Å². The van der Waals surface area contributed by atoms with Crippen molar-refractivity contribution in [1.29, 1.82) is 0 Å². The minimum Gasteiger partial charge on any atom is -0.444 e. The number of likely N-dealkylation sites (tertiary alicyclic amines) is 2. The number of rotatable bonds is 4. The highest BCUT2D eigenvalue weighted by Gasteiger charge is 2.53. The molecular formula is C32H36N2O10. The van der Waals surface area contributed by atoms with Crippen LogP contribution >= 0.6 is 0 Å². The van der Waals surface area contributed by atoms with Crippen LogP contribution in [0.3, 0.4) is 0 Å². The summed E-state index contributed by atoms with van der Waals surface area (Å²) in [6, 6.07) is 0.167. The second-order valence-corrected chi connectivity index (χ2v) is 13.7. The van der Waals surface area contributed by atoms with Crippen LogP contribution in [-0.2, 0) is 19.1 Å². The normalized spacial score (nSPS) is 22.5. The molecule has 12 nitrogen and oxygen atoms in total. The third kappa shape index (κ3) is 5.35. The van der Waals surface area contributed by atoms with E-state index in [0.29, 0.717) is 12.8 Å². The van der Waals surface area contributed by atoms with Gasteiger partial charge in [-0.15, -0.1) is 0 Å². The summed E-state index contributed by atoms with van der Waals surface area (Å²) < 4.78 is 10.8. The fourth-order valence-corrected chi connectivity index (χ4v) is 6.38. The van der Waals surface area contributed by atoms with E-state index in [1.165, 1.54) is 9.80 Å². The first-order valence-electron chi connectivity index (χ1n) is 14.8. The topological polar surface area (TPSA) is 161 Å². The molecule has 0 radical (unpaired) electrons. The molecule has 234 valence electrons. The molecule has 0 aromatic heterocycles. The van der Waals surface area contributed by atoms with Gasteiger partial charge in [0.15, 0.2) is 34.7 Å². The summed E-state index contributed by atoms with van der Waals surface area (Å²) in [6.07, 6.45) is 0.0337. The number of Topliss-reactive ketones (excluding diaryl/α,β-unsaturated/α-hetero) is 6. The minimum absolute atomic E-state index is 0.181. The van der Waals surface area contributed by atoms with Gasteiger partial charge >= 0.3 is 12.2 Å². The lowest BCUT2D eigenvalue weighted by Crippen LogP contribution is -2.47. The zero-order valence-corrected chi connectivity index (χ0v) is 25.7. The van der Waals surface area contributed by atoms with Crippen molar-refractivity contribution in [3.63, 3.8) is 0 Å². The number of ketones is 6. The molecule has 2 heterocycles. The van der Waals surface area contributed by atoms with Crippen molar-refractivity contribution >= 4 is 46.9 Å². The monoisotopic (exact) mass is 608 g/mol. The zero-order valence-electron chi connectivity index (χ0n) is 25.7. The van der Waals surface area contributed by atoms with Crippen LogP contribution in [0.4, 0.5) is 9.59 Å². The van der Waals surface area contributed by atoms with Gasteiger partial charge in [-0.25, -0.2) is 9.59 Å². The third-order valence-corrected chi connectivity index (χ3v) is 8.26. The number of benzene rings is 1. The van der Waals surface area contributed by atoms with E-state index >= 15 is 0 Å². The molecule has 0 unspecified atom stereocenters. The van der Waals surface area contributed by atoms with Gasteiger partial charge in [-0.3, -0.25) is 38.6 Å². The largest absolute Gasteiger partial charge is 0.444 e. The molecular weight excluding hydrogens is 572 g/mol. The van der Waals surface area contributed by atoms with Gasteiger partial charge in [-0.2, -0.15) is 0 Å². The van der Waals surface area contributed by atoms with Crippen molar-refractivity contribution in [3.8, 4) is 0 Å². The lowest BCUT2D eigenvalue weighted by Gasteiger charge is -2.28. The number of hydrogen-bond acceptors (Lipinski definition) is 10. The molecule has 0 saturated carbocycles. The van der Waals surface area contributed by atoms with E-state index in [4.69, 9.17) is 9.47 Å². The van der Waals surface area contributed by atoms with Gasteiger partial charge < -0.3 is 9.47 Å². The van der Waals surface area contributed by atoms with Crippen LogP contribution in [-0.4, -0.2) is 93.1 Å². The van der Waals surface area contributed by atoms with Gasteiger partial charge in [0.1, 0.15) is 23.0 Å². The zero-order chi connectivity index (χ0) is 32.5. The molecule has 0 bridgehead atoms. The van der Waals surface area contributed by atoms with Gasteiger partial charge in [0.25, 0.3) is 0 Å². The Labute approximate surface area is 254 Å². The van der Waals surface area contributed by atoms with Crippen molar-refractivity contribution in [2.75, 3.05) is 13.1 Å². The van der Waals surface area contributed by atoms with Gasteiger partial charge in [0, 0.05) is 35.3 Å². The van der Waals surface area contributed by atoms with Crippen molar-refractivity contribution in [2.24, 2.45) is 11.8 Å². The molecule has 0 N–H and O–H groups in total. The summed E-state index contributed by atoms with van der Waals surface area (Å²) in [6.45, 7) is 10.6. The summed E-state index contributed by atoms with van der Waals surface area (Å²) in [7, 11) is 0. The van der Waals surface area contributed by atoms with Gasteiger partial charge in [-0.1, -0.05) is 0 Å². The summed E-state index contributed by atoms with van der Waals surface area (Å²) >= 11 is 0. The van der Waals surface area contributed by atoms with Gasteiger partial charge in [0.2, 0.25) is 0 Å². The second-order valence-electron chi connectivity index (χ2n) is 13.7. The van der Waals surface area contributed by atoms with Crippen molar-refractivity contribution in [1.82, 2.24) is 9.80 Å². The number of carbonyl (C=O) groups is 8. The van der Waals surface area contributed by atoms with E-state index in [1.807, 2.05) is 0 Å². The molecule has 2 saturated heterocycles. The first-order chi connectivity index (χ1) is 20.4. The Bertz CT molecular complexity index is 1360. The summed E-state index contributed by atoms with van der Waals surface area (Å²) in [5.41, 5.74) is -2.35. The minimum atomic E-state index is -1.72. The molecule has 12 heteroatoms. The number of ether oxygens (including phenoxy) is 2. The Kier molecular flexibility index (Phi) is 7.62. The average molecular weight is 609 g/mol. The van der Waals surface area contributed by atoms with Crippen LogP contribution in [0, 0.1) is 11.8 Å². The molecule has 5 rings (SSSR count). The van der Waals surface area contributed by atoms with E-state index in [2.05, 4.69) is 0 Å². The van der Waals surface area contributed by atoms with E-state index in [0.717, 1.165) is 12.1 Å². The number of carbonyl (C=O) groups excluding carboxylic acids is 8. The standard InChI is InChI=1S/C32H36N2O10/c1-31(2,3)43-29(41)33-11-7-9-19(33)27(39)21-23(35)15-13-17-18(14-16(15)24(21)36)26(38)22(25(17)37)28(40)20-10-8-12-34(20)30(42)44-32(4,5)6/h13-14,19-22H,7-12H2,1-6H3/t19-,20-,21?,22?/m1/s1. The van der Waals surface area contributed by atoms with E-state index in [9.17, 15) is 38.4 Å². The number of hydrogen-bond donors (Lipinski definition) is 0. The maximum absolute atomic E-state index is 13.5. The van der Waals surface area contributed by atoms with Crippen LogP contribution in [0.1, 0.15) is 109 Å². The molecule has 0 spiro atoms. The maximum Gasteiger partial charge on any atom is 0.410 e. The molecule has 4 aliphatic rings. The summed E-state index contributed by atoms with van der Waals surface area (Å²) in [5, 5.41) is 0. The van der Waals surface area contributed by atoms with Crippen LogP contribution in [0.5, 0.6) is 0 Å². The Morgan fingerprint density at radius 2 is 0.886 bits per heavy atom. The average Bonchev–Trinajstić information content (AvgIpc) is 3.68. The van der Waals surface area contributed by atoms with Crippen LogP contribution in [0.25, 0.3) is 0 Å². The predicted molar refractivity (Wildman–Crippen MR) is 153 cm³/mol. The first-order valence-corrected chi connectivity index (χ1v) is 14.8. The Hall–Kier alpha value is -4.22. The quantitative estimate of drug-likeness (QED) is 0.462. The highest BCUT2D eigenvalue weighted by Crippen LogP contribution is 2.38. The fraction of sp³-hybridized carbons (Fsp3) is 0.562. The number of amides is 2. The predicted octanol–water partition coefficient (Wildman–Crippen LogP) is 3.61. The lowest BCUT2D eigenvalue weighted by molar-refractivity contribution is -0.125. The number of fused-ring (bicyclic) bond motifs is 2. The smallest absolute Gasteiger partial charge is 0.410 e. The van der Waals surface area contributed by atoms with Gasteiger partial charge in [-0.05, 0) is 79.4 Å². The van der Waals surface area contributed by atoms with Crippen molar-refractivity contribution in [2.45, 2.75) is 90.5 Å². The SMILES string of the molecule is CC(C)(C)OC(=O)N1CCC[C@@H]1C(=O)C1C(=O)c2cc3c(cc2C1=O)C(=O)C(C(=O)[C@H]1CCCN1C(=O)OC(C)(C)C)C3=O. The Balaban J connectivity index is 1.37. The van der Waals surface area contributed by atoms with Crippen LogP contribution in [0.2, 0.25) is 0 Å². The van der Waals surface area contributed by atoms with E-state index in [-0.39, 0.29) is 48.2 Å². The molecule has 1 aromatic carbocycles. The highest BCUT2D eigenvalue weighted by molar-refractivity contribution is 6.40. The summed E-state index contributed by atoms with van der Waals surface area (Å²) in [4.78, 5) is 109. The fourth-order valence-electron chi connectivity index (χ4n) is 6.38. The first kappa shape index (κ1) is 31.2. The highest BCUT2D eigenvalue weighted by atomic mass is 16.6. The maximum atomic E-state index is 13.5. The lowest BCUT2D eigenvalue weighted by atomic mass is 9.91. The second kappa shape index (κ2) is 10.7. The van der Waals surface area contributed by atoms with Crippen LogP contribution in [0.15, 0.2) is 12.1 Å². The third-order valence-electron chi connectivity index (χ3n) is 8.26. The van der Waals surface area contributed by atoms with Crippen molar-refractivity contribution in [3.05, 3.63) is 34.4 Å². The molecule has 44 heavy (non-hydrogen) atoms. The number of nitrogens with zero attached hydrogens (tertiary/aromatic N) is 2. The molecule has 2 atom stereocenters. The molecule has 2 amide bonds.